The second-order valence-electron chi connectivity index (χ2n) is 5.10. The number of nitrogens with two attached hydrogens (primary N) is 1. The maximum Gasteiger partial charge on any atom is 0.125 e. The first-order valence-corrected chi connectivity index (χ1v) is 8.24. The third kappa shape index (κ3) is 3.07. The molecular weight excluding hydrogens is 373 g/mol. The van der Waals surface area contributed by atoms with Crippen LogP contribution in [0.5, 0.6) is 5.75 Å². The SMILES string of the molecule is NC(Cc1cc(Br)cc2c1OCC2)c1c(Cl)cccc1Cl. The topological polar surface area (TPSA) is 35.2 Å². The van der Waals surface area contributed by atoms with Crippen molar-refractivity contribution in [2.24, 2.45) is 5.73 Å². The monoisotopic (exact) mass is 385 g/mol. The van der Waals surface area contributed by atoms with Crippen LogP contribution in [0.2, 0.25) is 10.0 Å². The molecule has 0 saturated carbocycles. The van der Waals surface area contributed by atoms with Crippen LogP contribution in [0.25, 0.3) is 0 Å². The molecule has 0 aromatic heterocycles. The van der Waals surface area contributed by atoms with Gasteiger partial charge in [-0.3, -0.25) is 0 Å². The molecule has 3 rings (SSSR count). The predicted octanol–water partition coefficient (Wildman–Crippen LogP) is 4.93. The molecule has 1 unspecified atom stereocenters. The van der Waals surface area contributed by atoms with Gasteiger partial charge in [-0.2, -0.15) is 0 Å². The maximum absolute atomic E-state index is 6.33. The largest absolute Gasteiger partial charge is 0.493 e. The molecule has 2 N–H and O–H groups in total. The molecular formula is C16H14BrCl2NO. The Bertz CT molecular complexity index is 670. The van der Waals surface area contributed by atoms with Crippen molar-refractivity contribution < 1.29 is 4.74 Å². The van der Waals surface area contributed by atoms with Gasteiger partial charge in [0.25, 0.3) is 0 Å². The van der Waals surface area contributed by atoms with Crippen LogP contribution in [0.1, 0.15) is 22.7 Å². The Kier molecular flexibility index (Phi) is 4.46. The van der Waals surface area contributed by atoms with Gasteiger partial charge in [0.15, 0.2) is 0 Å². The summed E-state index contributed by atoms with van der Waals surface area (Å²) in [5, 5.41) is 1.20. The molecule has 21 heavy (non-hydrogen) atoms. The summed E-state index contributed by atoms with van der Waals surface area (Å²) in [6.07, 6.45) is 1.56. The van der Waals surface area contributed by atoms with E-state index in [0.717, 1.165) is 34.4 Å². The van der Waals surface area contributed by atoms with E-state index in [1.54, 1.807) is 0 Å². The average molecular weight is 387 g/mol. The van der Waals surface area contributed by atoms with Gasteiger partial charge in [-0.25, -0.2) is 0 Å². The summed E-state index contributed by atoms with van der Waals surface area (Å²) >= 11 is 16.0. The highest BCUT2D eigenvalue weighted by Gasteiger charge is 2.21. The fraction of sp³-hybridized carbons (Fsp3) is 0.250. The van der Waals surface area contributed by atoms with Gasteiger partial charge in [0.1, 0.15) is 5.75 Å². The highest BCUT2D eigenvalue weighted by Crippen LogP contribution is 2.37. The van der Waals surface area contributed by atoms with Crippen molar-refractivity contribution in [1.29, 1.82) is 0 Å². The van der Waals surface area contributed by atoms with Crippen molar-refractivity contribution in [1.82, 2.24) is 0 Å². The first-order valence-electron chi connectivity index (χ1n) is 6.70. The van der Waals surface area contributed by atoms with Gasteiger partial charge in [0.05, 0.1) is 6.61 Å². The summed E-state index contributed by atoms with van der Waals surface area (Å²) in [5.41, 5.74) is 9.42. The molecule has 0 saturated heterocycles. The number of hydrogen-bond acceptors (Lipinski definition) is 2. The molecule has 2 aromatic rings. The van der Waals surface area contributed by atoms with Gasteiger partial charge in [-0.15, -0.1) is 0 Å². The van der Waals surface area contributed by atoms with Crippen molar-refractivity contribution in [3.05, 3.63) is 61.5 Å². The lowest BCUT2D eigenvalue weighted by molar-refractivity contribution is 0.352. The van der Waals surface area contributed by atoms with Crippen LogP contribution >= 0.6 is 39.1 Å². The third-order valence-electron chi connectivity index (χ3n) is 3.64. The van der Waals surface area contributed by atoms with E-state index in [-0.39, 0.29) is 6.04 Å². The average Bonchev–Trinajstić information content (AvgIpc) is 2.86. The Morgan fingerprint density at radius 1 is 1.24 bits per heavy atom. The first-order chi connectivity index (χ1) is 10.1. The van der Waals surface area contributed by atoms with E-state index >= 15 is 0 Å². The Balaban J connectivity index is 1.94. The fourth-order valence-corrected chi connectivity index (χ4v) is 3.93. The second-order valence-corrected chi connectivity index (χ2v) is 6.83. The van der Waals surface area contributed by atoms with Gasteiger partial charge in [0.2, 0.25) is 0 Å². The minimum absolute atomic E-state index is 0.270. The Morgan fingerprint density at radius 3 is 2.67 bits per heavy atom. The first kappa shape index (κ1) is 15.2. The van der Waals surface area contributed by atoms with Crippen molar-refractivity contribution in [3.63, 3.8) is 0 Å². The van der Waals surface area contributed by atoms with Crippen LogP contribution in [0.3, 0.4) is 0 Å². The molecule has 0 spiro atoms. The van der Waals surface area contributed by atoms with E-state index in [1.807, 2.05) is 18.2 Å². The molecule has 110 valence electrons. The molecule has 1 atom stereocenters. The normalized spacial score (nSPS) is 14.7. The quantitative estimate of drug-likeness (QED) is 0.811. The molecule has 1 heterocycles. The van der Waals surface area contributed by atoms with Gasteiger partial charge in [-0.1, -0.05) is 45.2 Å². The van der Waals surface area contributed by atoms with Crippen LogP contribution in [0.15, 0.2) is 34.8 Å². The van der Waals surface area contributed by atoms with Crippen LogP contribution < -0.4 is 10.5 Å². The van der Waals surface area contributed by atoms with Gasteiger partial charge in [0, 0.05) is 32.5 Å². The van der Waals surface area contributed by atoms with Crippen molar-refractivity contribution in [3.8, 4) is 5.75 Å². The molecule has 0 fully saturated rings. The van der Waals surface area contributed by atoms with E-state index in [0.29, 0.717) is 16.5 Å². The molecule has 1 aliphatic heterocycles. The predicted molar refractivity (Wildman–Crippen MR) is 90.4 cm³/mol. The zero-order valence-electron chi connectivity index (χ0n) is 11.2. The van der Waals surface area contributed by atoms with E-state index in [4.69, 9.17) is 33.7 Å². The van der Waals surface area contributed by atoms with Crippen molar-refractivity contribution >= 4 is 39.1 Å². The van der Waals surface area contributed by atoms with E-state index in [1.165, 1.54) is 5.56 Å². The van der Waals surface area contributed by atoms with Crippen molar-refractivity contribution in [2.45, 2.75) is 18.9 Å². The molecule has 5 heteroatoms. The molecule has 0 amide bonds. The van der Waals surface area contributed by atoms with E-state index in [9.17, 15) is 0 Å². The highest BCUT2D eigenvalue weighted by molar-refractivity contribution is 9.10. The fourth-order valence-electron chi connectivity index (χ4n) is 2.70. The standard InChI is InChI=1S/C16H14BrCl2NO/c17-11-6-9-4-5-21-16(9)10(7-11)8-14(20)15-12(18)2-1-3-13(15)19/h1-3,6-7,14H,4-5,8,20H2. The minimum atomic E-state index is -0.270. The molecule has 2 nitrogen and oxygen atoms in total. The summed E-state index contributed by atoms with van der Waals surface area (Å²) in [7, 11) is 0. The molecule has 0 radical (unpaired) electrons. The second kappa shape index (κ2) is 6.17. The maximum atomic E-state index is 6.33. The number of ether oxygens (including phenoxy) is 1. The molecule has 0 bridgehead atoms. The number of halogens is 3. The number of hydrogen-bond donors (Lipinski definition) is 1. The lowest BCUT2D eigenvalue weighted by Crippen LogP contribution is -2.15. The van der Waals surface area contributed by atoms with Crippen LogP contribution in [-0.2, 0) is 12.8 Å². The lowest BCUT2D eigenvalue weighted by atomic mass is 9.97. The zero-order chi connectivity index (χ0) is 15.0. The number of rotatable bonds is 3. The molecule has 0 aliphatic carbocycles. The summed E-state index contributed by atoms with van der Waals surface area (Å²) in [4.78, 5) is 0. The summed E-state index contributed by atoms with van der Waals surface area (Å²) in [6.45, 7) is 0.723. The minimum Gasteiger partial charge on any atom is -0.493 e. The Hall–Kier alpha value is -0.740. The number of fused-ring (bicyclic) bond motifs is 1. The Morgan fingerprint density at radius 2 is 1.95 bits per heavy atom. The van der Waals surface area contributed by atoms with E-state index < -0.39 is 0 Å². The summed E-state index contributed by atoms with van der Waals surface area (Å²) in [5.74, 6) is 0.955. The van der Waals surface area contributed by atoms with Gasteiger partial charge < -0.3 is 10.5 Å². The third-order valence-corrected chi connectivity index (χ3v) is 4.75. The zero-order valence-corrected chi connectivity index (χ0v) is 14.3. The van der Waals surface area contributed by atoms with E-state index in [2.05, 4.69) is 28.1 Å². The van der Waals surface area contributed by atoms with Gasteiger partial charge in [-0.05, 0) is 41.8 Å². The van der Waals surface area contributed by atoms with Crippen LogP contribution in [0, 0.1) is 0 Å². The smallest absolute Gasteiger partial charge is 0.125 e. The summed E-state index contributed by atoms with van der Waals surface area (Å²) < 4.78 is 6.78. The molecule has 1 aliphatic rings. The summed E-state index contributed by atoms with van der Waals surface area (Å²) in [6, 6.07) is 9.32. The lowest BCUT2D eigenvalue weighted by Gasteiger charge is -2.17. The van der Waals surface area contributed by atoms with Gasteiger partial charge >= 0.3 is 0 Å². The van der Waals surface area contributed by atoms with Crippen molar-refractivity contribution in [2.75, 3.05) is 6.61 Å². The number of benzene rings is 2. The van der Waals surface area contributed by atoms with Crippen LogP contribution in [0.4, 0.5) is 0 Å². The Labute approximate surface area is 142 Å². The molecule has 2 aromatic carbocycles. The van der Waals surface area contributed by atoms with Crippen LogP contribution in [-0.4, -0.2) is 6.61 Å². The highest BCUT2D eigenvalue weighted by atomic mass is 79.9.